The number of aryl methyl sites for hydroxylation is 1. The van der Waals surface area contributed by atoms with Crippen LogP contribution in [0.1, 0.15) is 64.1 Å². The van der Waals surface area contributed by atoms with Crippen LogP contribution in [0.3, 0.4) is 0 Å². The number of fused-ring (bicyclic) bond motifs is 1. The van der Waals surface area contributed by atoms with Gasteiger partial charge in [0, 0.05) is 61.8 Å². The monoisotopic (exact) mass is 590 g/mol. The Kier molecular flexibility index (Phi) is 8.35. The van der Waals surface area contributed by atoms with Crippen LogP contribution < -0.4 is 4.90 Å². The molecule has 2 aliphatic rings. The average molecular weight is 591 g/mol. The first-order valence-corrected chi connectivity index (χ1v) is 14.9. The van der Waals surface area contributed by atoms with Crippen molar-refractivity contribution in [3.8, 4) is 0 Å². The Morgan fingerprint density at radius 3 is 2.47 bits per heavy atom. The molecule has 9 nitrogen and oxygen atoms in total. The molecule has 230 valence electrons. The second-order valence-electron chi connectivity index (χ2n) is 13.6. The first kappa shape index (κ1) is 30.7. The summed E-state index contributed by atoms with van der Waals surface area (Å²) in [6.45, 7) is 16.1. The largest absolute Gasteiger partial charge is 0.444 e. The van der Waals surface area contributed by atoms with Crippen molar-refractivity contribution < 1.29 is 18.7 Å². The van der Waals surface area contributed by atoms with Gasteiger partial charge in [-0.25, -0.2) is 14.2 Å². The normalized spacial score (nSPS) is 20.3. The summed E-state index contributed by atoms with van der Waals surface area (Å²) in [6.07, 6.45) is 5.72. The van der Waals surface area contributed by atoms with Gasteiger partial charge in [-0.15, -0.1) is 0 Å². The molecule has 0 saturated carbocycles. The van der Waals surface area contributed by atoms with E-state index in [9.17, 15) is 14.0 Å². The van der Waals surface area contributed by atoms with Crippen LogP contribution in [0.2, 0.25) is 0 Å². The molecular weight excluding hydrogens is 547 g/mol. The van der Waals surface area contributed by atoms with Crippen molar-refractivity contribution in [1.82, 2.24) is 24.3 Å². The van der Waals surface area contributed by atoms with Crippen molar-refractivity contribution in [1.29, 1.82) is 0 Å². The Morgan fingerprint density at radius 1 is 1.09 bits per heavy atom. The van der Waals surface area contributed by atoms with E-state index in [4.69, 9.17) is 9.72 Å². The van der Waals surface area contributed by atoms with Gasteiger partial charge in [-0.05, 0) is 70.4 Å². The predicted molar refractivity (Wildman–Crippen MR) is 164 cm³/mol. The van der Waals surface area contributed by atoms with Crippen LogP contribution in [-0.2, 0) is 27.9 Å². The number of halogens is 1. The van der Waals surface area contributed by atoms with Gasteiger partial charge in [0.1, 0.15) is 11.4 Å². The van der Waals surface area contributed by atoms with Gasteiger partial charge in [0.05, 0.1) is 24.3 Å². The number of amides is 2. The highest BCUT2D eigenvalue weighted by Gasteiger charge is 2.42. The zero-order valence-electron chi connectivity index (χ0n) is 26.3. The lowest BCUT2D eigenvalue weighted by Gasteiger charge is -2.45. The van der Waals surface area contributed by atoms with Crippen LogP contribution in [0.4, 0.5) is 14.9 Å². The molecule has 0 bridgehead atoms. The molecule has 1 fully saturated rings. The van der Waals surface area contributed by atoms with E-state index in [0.717, 1.165) is 28.2 Å². The summed E-state index contributed by atoms with van der Waals surface area (Å²) in [4.78, 5) is 42.1. The number of carbonyl (C=O) groups is 2. The number of benzene rings is 1. The highest BCUT2D eigenvalue weighted by molar-refractivity contribution is 5.97. The number of ether oxygens (including phenoxy) is 1. The summed E-state index contributed by atoms with van der Waals surface area (Å²) in [5, 5.41) is 0. The lowest BCUT2D eigenvalue weighted by Crippen LogP contribution is -2.62. The zero-order chi connectivity index (χ0) is 31.1. The number of rotatable bonds is 6. The molecule has 10 heteroatoms. The van der Waals surface area contributed by atoms with E-state index in [1.165, 1.54) is 12.1 Å². The Morgan fingerprint density at radius 2 is 1.81 bits per heavy atom. The SMILES string of the molecule is Cc1cncn1C[C@@H]1CN(C(=O)OC(C)(C)C)[C@H](C)CN1CC(=O)N1CC(C)(C)c2ncc(Cc3ccc(F)cc3)cc21. The van der Waals surface area contributed by atoms with Crippen molar-refractivity contribution >= 4 is 17.7 Å². The van der Waals surface area contributed by atoms with E-state index in [1.807, 2.05) is 58.0 Å². The highest BCUT2D eigenvalue weighted by Crippen LogP contribution is 2.40. The molecule has 2 aliphatic heterocycles. The third-order valence-electron chi connectivity index (χ3n) is 8.28. The van der Waals surface area contributed by atoms with E-state index in [-0.39, 0.29) is 41.9 Å². The van der Waals surface area contributed by atoms with Crippen molar-refractivity contribution in [2.45, 2.75) is 84.5 Å². The van der Waals surface area contributed by atoms with Crippen LogP contribution in [0.25, 0.3) is 0 Å². The fraction of sp³-hybridized carbons (Fsp3) is 0.515. The maximum Gasteiger partial charge on any atom is 0.410 e. The zero-order valence-corrected chi connectivity index (χ0v) is 26.3. The van der Waals surface area contributed by atoms with Crippen LogP contribution in [0.15, 0.2) is 49.1 Å². The van der Waals surface area contributed by atoms with E-state index in [2.05, 4.69) is 28.3 Å². The van der Waals surface area contributed by atoms with Crippen LogP contribution in [-0.4, -0.2) is 80.2 Å². The predicted octanol–water partition coefficient (Wildman–Crippen LogP) is 4.95. The second kappa shape index (κ2) is 11.7. The molecule has 2 atom stereocenters. The molecule has 0 N–H and O–H groups in total. The van der Waals surface area contributed by atoms with E-state index in [1.54, 1.807) is 23.4 Å². The molecule has 2 amide bonds. The van der Waals surface area contributed by atoms with Gasteiger partial charge < -0.3 is 19.1 Å². The first-order chi connectivity index (χ1) is 20.2. The fourth-order valence-corrected chi connectivity index (χ4v) is 6.05. The number of hydrogen-bond acceptors (Lipinski definition) is 6. The minimum absolute atomic E-state index is 0.00201. The topological polar surface area (TPSA) is 83.8 Å². The number of aromatic nitrogens is 3. The molecule has 43 heavy (non-hydrogen) atoms. The van der Waals surface area contributed by atoms with Crippen LogP contribution in [0, 0.1) is 12.7 Å². The van der Waals surface area contributed by atoms with Crippen molar-refractivity contribution in [2.24, 2.45) is 0 Å². The third-order valence-corrected chi connectivity index (χ3v) is 8.28. The first-order valence-electron chi connectivity index (χ1n) is 14.9. The number of anilines is 1. The van der Waals surface area contributed by atoms with E-state index < -0.39 is 5.60 Å². The molecule has 1 aromatic carbocycles. The molecule has 0 unspecified atom stereocenters. The number of imidazole rings is 1. The summed E-state index contributed by atoms with van der Waals surface area (Å²) in [5.74, 6) is -0.269. The number of piperazine rings is 1. The number of hydrogen-bond donors (Lipinski definition) is 0. The van der Waals surface area contributed by atoms with Gasteiger partial charge in [0.15, 0.2) is 0 Å². The second-order valence-corrected chi connectivity index (χ2v) is 13.6. The molecule has 0 radical (unpaired) electrons. The highest BCUT2D eigenvalue weighted by atomic mass is 19.1. The summed E-state index contributed by atoms with van der Waals surface area (Å²) in [6, 6.07) is 8.27. The molecule has 5 rings (SSSR count). The smallest absolute Gasteiger partial charge is 0.410 e. The van der Waals surface area contributed by atoms with Crippen molar-refractivity contribution in [2.75, 3.05) is 31.1 Å². The minimum Gasteiger partial charge on any atom is -0.444 e. The lowest BCUT2D eigenvalue weighted by atomic mass is 9.91. The van der Waals surface area contributed by atoms with Crippen LogP contribution >= 0.6 is 0 Å². The summed E-state index contributed by atoms with van der Waals surface area (Å²) in [7, 11) is 0. The molecule has 4 heterocycles. The molecule has 2 aromatic heterocycles. The molecule has 0 spiro atoms. The number of pyridine rings is 1. The molecule has 0 aliphatic carbocycles. The number of nitrogens with zero attached hydrogens (tertiary/aromatic N) is 6. The Balaban J connectivity index is 1.37. The van der Waals surface area contributed by atoms with Gasteiger partial charge in [0.2, 0.25) is 5.91 Å². The third kappa shape index (κ3) is 6.90. The molecule has 1 saturated heterocycles. The summed E-state index contributed by atoms with van der Waals surface area (Å²) >= 11 is 0. The van der Waals surface area contributed by atoms with Gasteiger partial charge in [-0.1, -0.05) is 26.0 Å². The summed E-state index contributed by atoms with van der Waals surface area (Å²) in [5.41, 5.74) is 3.80. The molecular formula is C33H43FN6O3. The minimum atomic E-state index is -0.597. The van der Waals surface area contributed by atoms with Gasteiger partial charge in [-0.3, -0.25) is 14.7 Å². The lowest BCUT2D eigenvalue weighted by molar-refractivity contribution is -0.121. The van der Waals surface area contributed by atoms with E-state index >= 15 is 0 Å². The maximum atomic E-state index is 14.1. The maximum absolute atomic E-state index is 14.1. The quantitative estimate of drug-likeness (QED) is 0.404. The number of carbonyl (C=O) groups excluding carboxylic acids is 2. The standard InChI is InChI=1S/C33H43FN6O3/c1-22-14-35-21-38(22)17-27-18-39(31(42)43-32(3,4)5)23(2)16-37(27)19-29(41)40-20-33(6,7)30-28(40)13-25(15-36-30)12-24-8-10-26(34)11-9-24/h8-11,13-15,21,23,27H,12,16-20H2,1-7H3/t23-,27-/m1/s1. The van der Waals surface area contributed by atoms with E-state index in [0.29, 0.717) is 32.6 Å². The van der Waals surface area contributed by atoms with Gasteiger partial charge >= 0.3 is 6.09 Å². The summed E-state index contributed by atoms with van der Waals surface area (Å²) < 4.78 is 21.2. The van der Waals surface area contributed by atoms with Crippen molar-refractivity contribution in [3.63, 3.8) is 0 Å². The van der Waals surface area contributed by atoms with Gasteiger partial charge in [0.25, 0.3) is 0 Å². The molecule has 3 aromatic rings. The average Bonchev–Trinajstić information content (AvgIpc) is 3.44. The fourth-order valence-electron chi connectivity index (χ4n) is 6.05. The van der Waals surface area contributed by atoms with Gasteiger partial charge in [-0.2, -0.15) is 0 Å². The Hall–Kier alpha value is -3.79. The van der Waals surface area contributed by atoms with Crippen LogP contribution in [0.5, 0.6) is 0 Å². The Bertz CT molecular complexity index is 1480. The Labute approximate surface area is 253 Å². The van der Waals surface area contributed by atoms with Crippen molar-refractivity contribution in [3.05, 3.63) is 77.4 Å².